The first-order valence-electron chi connectivity index (χ1n) is 9.90. The summed E-state index contributed by atoms with van der Waals surface area (Å²) in [5.74, 6) is -0.674. The number of carbonyl (C=O) groups is 2. The van der Waals surface area contributed by atoms with Crippen LogP contribution in [0.15, 0.2) is 34.7 Å². The fraction of sp³-hybridized carbons (Fsp3) is 0.450. The molecule has 2 aliphatic heterocycles. The second-order valence-electron chi connectivity index (χ2n) is 7.76. The van der Waals surface area contributed by atoms with E-state index in [1.54, 1.807) is 34.7 Å². The maximum absolute atomic E-state index is 13.3. The van der Waals surface area contributed by atoms with Gasteiger partial charge in [0.2, 0.25) is 21.8 Å². The van der Waals surface area contributed by atoms with Crippen LogP contribution in [0, 0.1) is 5.92 Å². The highest BCUT2D eigenvalue weighted by Crippen LogP contribution is 2.35. The Balaban J connectivity index is 1.53. The molecule has 30 heavy (non-hydrogen) atoms. The van der Waals surface area contributed by atoms with Crippen LogP contribution in [0.1, 0.15) is 32.3 Å². The number of piperidine rings is 1. The molecule has 4 rings (SSSR count). The molecule has 10 heteroatoms. The maximum Gasteiger partial charge on any atom is 0.243 e. The predicted octanol–water partition coefficient (Wildman–Crippen LogP) is 2.48. The number of nitrogens with zero attached hydrogens (tertiary/aromatic N) is 3. The van der Waals surface area contributed by atoms with Gasteiger partial charge < -0.3 is 10.2 Å². The third kappa shape index (κ3) is 3.86. The van der Waals surface area contributed by atoms with Gasteiger partial charge >= 0.3 is 0 Å². The number of sulfonamides is 1. The van der Waals surface area contributed by atoms with Crippen molar-refractivity contribution in [2.75, 3.05) is 23.3 Å². The van der Waals surface area contributed by atoms with E-state index >= 15 is 0 Å². The number of thiazole rings is 1. The lowest BCUT2D eigenvalue weighted by atomic mass is 9.99. The van der Waals surface area contributed by atoms with Crippen molar-refractivity contribution >= 4 is 44.0 Å². The molecular weight excluding hydrogens is 424 g/mol. The number of benzene rings is 1. The average molecular weight is 449 g/mol. The summed E-state index contributed by atoms with van der Waals surface area (Å²) in [5, 5.41) is 5.06. The predicted molar refractivity (Wildman–Crippen MR) is 115 cm³/mol. The van der Waals surface area contributed by atoms with Crippen molar-refractivity contribution < 1.29 is 18.0 Å². The van der Waals surface area contributed by atoms with Crippen LogP contribution < -0.4 is 10.2 Å². The van der Waals surface area contributed by atoms with Crippen LogP contribution >= 0.6 is 11.3 Å². The number of nitrogens with one attached hydrogen (secondary N) is 1. The number of anilines is 2. The zero-order valence-electron chi connectivity index (χ0n) is 16.9. The minimum Gasteiger partial charge on any atom is -0.309 e. The number of hydrogen-bond donors (Lipinski definition) is 1. The Bertz CT molecular complexity index is 1070. The van der Waals surface area contributed by atoms with E-state index in [2.05, 4.69) is 10.3 Å². The number of carbonyl (C=O) groups excluding carboxylic acids is 2. The summed E-state index contributed by atoms with van der Waals surface area (Å²) in [5.41, 5.74) is 1.63. The lowest BCUT2D eigenvalue weighted by Gasteiger charge is -2.31. The molecule has 2 aliphatic rings. The number of fused-ring (bicyclic) bond motifs is 1. The van der Waals surface area contributed by atoms with Crippen LogP contribution in [0.4, 0.5) is 10.8 Å². The quantitative estimate of drug-likeness (QED) is 0.775. The zero-order chi connectivity index (χ0) is 21.5. The highest BCUT2D eigenvalue weighted by Gasteiger charge is 2.35. The van der Waals surface area contributed by atoms with Crippen LogP contribution in [0.25, 0.3) is 0 Å². The summed E-state index contributed by atoms with van der Waals surface area (Å²) >= 11 is 1.33. The minimum absolute atomic E-state index is 0.00405. The number of aromatic nitrogens is 1. The van der Waals surface area contributed by atoms with E-state index in [0.717, 1.165) is 11.3 Å². The molecule has 2 atom stereocenters. The fourth-order valence-electron chi connectivity index (χ4n) is 4.26. The molecule has 2 aromatic rings. The molecular formula is C20H24N4O4S2. The molecule has 0 aliphatic carbocycles. The second-order valence-corrected chi connectivity index (χ2v) is 10.6. The van der Waals surface area contributed by atoms with E-state index < -0.39 is 15.9 Å². The van der Waals surface area contributed by atoms with Crippen molar-refractivity contribution in [1.29, 1.82) is 0 Å². The standard InChI is InChI=1S/C20H24N4O4S2/c1-13-10-16-11-17(5-6-18(16)24(13)14(2)25)30(27,28)23-8-3-4-15(12-23)19(26)22-20-21-7-9-29-20/h5-7,9,11,13,15H,3-4,8,10,12H2,1-2H3,(H,21,22,26). The first kappa shape index (κ1) is 21.0. The van der Waals surface area contributed by atoms with E-state index in [9.17, 15) is 18.0 Å². The van der Waals surface area contributed by atoms with E-state index in [1.807, 2.05) is 6.92 Å². The summed E-state index contributed by atoms with van der Waals surface area (Å²) in [6.45, 7) is 4.00. The molecule has 1 saturated heterocycles. The highest BCUT2D eigenvalue weighted by molar-refractivity contribution is 7.89. The summed E-state index contributed by atoms with van der Waals surface area (Å²) in [4.78, 5) is 30.4. The third-order valence-corrected chi connectivity index (χ3v) is 8.21. The van der Waals surface area contributed by atoms with Crippen molar-refractivity contribution in [1.82, 2.24) is 9.29 Å². The molecule has 1 aromatic carbocycles. The largest absolute Gasteiger partial charge is 0.309 e. The molecule has 0 spiro atoms. The van der Waals surface area contributed by atoms with Crippen molar-refractivity contribution in [3.8, 4) is 0 Å². The third-order valence-electron chi connectivity index (χ3n) is 5.66. The zero-order valence-corrected chi connectivity index (χ0v) is 18.5. The van der Waals surface area contributed by atoms with Gasteiger partial charge in [-0.3, -0.25) is 9.59 Å². The first-order chi connectivity index (χ1) is 14.3. The van der Waals surface area contributed by atoms with Crippen LogP contribution in [-0.2, 0) is 26.0 Å². The van der Waals surface area contributed by atoms with Crippen LogP contribution in [-0.4, -0.2) is 48.7 Å². The number of amides is 2. The molecule has 8 nitrogen and oxygen atoms in total. The second kappa shape index (κ2) is 8.09. The summed E-state index contributed by atoms with van der Waals surface area (Å²) in [6.07, 6.45) is 3.49. The van der Waals surface area contributed by atoms with Gasteiger partial charge in [-0.15, -0.1) is 11.3 Å². The van der Waals surface area contributed by atoms with Crippen LogP contribution in [0.3, 0.4) is 0 Å². The lowest BCUT2D eigenvalue weighted by Crippen LogP contribution is -2.43. The first-order valence-corrected chi connectivity index (χ1v) is 12.2. The van der Waals surface area contributed by atoms with E-state index in [0.29, 0.717) is 30.9 Å². The summed E-state index contributed by atoms with van der Waals surface area (Å²) in [7, 11) is -3.73. The van der Waals surface area contributed by atoms with Crippen molar-refractivity contribution in [2.45, 2.75) is 44.0 Å². The van der Waals surface area contributed by atoms with Gasteiger partial charge in [0.1, 0.15) is 0 Å². The summed E-state index contributed by atoms with van der Waals surface area (Å²) in [6, 6.07) is 4.94. The Hall–Kier alpha value is -2.30. The molecule has 1 N–H and O–H groups in total. The monoisotopic (exact) mass is 448 g/mol. The van der Waals surface area contributed by atoms with Gasteiger partial charge in [0.25, 0.3) is 0 Å². The van der Waals surface area contributed by atoms with E-state index in [-0.39, 0.29) is 29.3 Å². The molecule has 0 saturated carbocycles. The van der Waals surface area contributed by atoms with Crippen LogP contribution in [0.5, 0.6) is 0 Å². The Morgan fingerprint density at radius 3 is 2.80 bits per heavy atom. The molecule has 3 heterocycles. The Labute approximate surface area is 180 Å². The SMILES string of the molecule is CC(=O)N1c2ccc(S(=O)(=O)N3CCCC(C(=O)Nc4nccs4)C3)cc2CC1C. The van der Waals surface area contributed by atoms with E-state index in [4.69, 9.17) is 0 Å². The topological polar surface area (TPSA) is 99.7 Å². The van der Waals surface area contributed by atoms with Gasteiger partial charge in [-0.2, -0.15) is 4.31 Å². The van der Waals surface area contributed by atoms with Crippen LogP contribution in [0.2, 0.25) is 0 Å². The van der Waals surface area contributed by atoms with Crippen molar-refractivity contribution in [3.63, 3.8) is 0 Å². The fourth-order valence-corrected chi connectivity index (χ4v) is 6.37. The molecule has 160 valence electrons. The Kier molecular flexibility index (Phi) is 5.65. The number of hydrogen-bond acceptors (Lipinski definition) is 6. The smallest absolute Gasteiger partial charge is 0.243 e. The van der Waals surface area contributed by atoms with Gasteiger partial charge in [0.15, 0.2) is 5.13 Å². The van der Waals surface area contributed by atoms with Gasteiger partial charge in [-0.25, -0.2) is 13.4 Å². The molecule has 0 bridgehead atoms. The molecule has 2 unspecified atom stereocenters. The molecule has 2 amide bonds. The van der Waals surface area contributed by atoms with Crippen molar-refractivity contribution in [2.24, 2.45) is 5.92 Å². The van der Waals surface area contributed by atoms with Gasteiger partial charge in [-0.05, 0) is 49.9 Å². The lowest BCUT2D eigenvalue weighted by molar-refractivity contribution is -0.121. The Morgan fingerprint density at radius 1 is 1.30 bits per heavy atom. The van der Waals surface area contributed by atoms with Gasteiger partial charge in [0, 0.05) is 43.3 Å². The van der Waals surface area contributed by atoms with E-state index in [1.165, 1.54) is 22.6 Å². The molecule has 1 fully saturated rings. The average Bonchev–Trinajstić information content (AvgIpc) is 3.33. The minimum atomic E-state index is -3.73. The number of rotatable bonds is 4. The van der Waals surface area contributed by atoms with Gasteiger partial charge in [-0.1, -0.05) is 0 Å². The summed E-state index contributed by atoms with van der Waals surface area (Å²) < 4.78 is 27.9. The normalized spacial score (nSPS) is 22.0. The van der Waals surface area contributed by atoms with Gasteiger partial charge in [0.05, 0.1) is 10.8 Å². The molecule has 0 radical (unpaired) electrons. The molecule has 1 aromatic heterocycles. The maximum atomic E-state index is 13.3. The van der Waals surface area contributed by atoms with Crippen molar-refractivity contribution in [3.05, 3.63) is 35.3 Å². The highest BCUT2D eigenvalue weighted by atomic mass is 32.2. The Morgan fingerprint density at radius 2 is 2.10 bits per heavy atom.